The van der Waals surface area contributed by atoms with Crippen LogP contribution in [0.15, 0.2) is 24.3 Å². The third-order valence-electron chi connectivity index (χ3n) is 4.55. The standard InChI is InChI=1S/C18H27N3O2/c1-14(22)21(2)17-10-8-16(9-11-17)20-18(23)19-13-12-15-6-4-3-5-7-15/h8-11,15H,3-7,12-13H2,1-2H3,(H2,19,20,23). The van der Waals surface area contributed by atoms with E-state index in [1.807, 2.05) is 12.1 Å². The molecule has 23 heavy (non-hydrogen) atoms. The molecular weight excluding hydrogens is 290 g/mol. The first kappa shape index (κ1) is 17.3. The molecule has 2 rings (SSSR count). The summed E-state index contributed by atoms with van der Waals surface area (Å²) in [4.78, 5) is 24.8. The Morgan fingerprint density at radius 3 is 2.39 bits per heavy atom. The van der Waals surface area contributed by atoms with E-state index in [2.05, 4.69) is 10.6 Å². The van der Waals surface area contributed by atoms with Crippen LogP contribution in [0.5, 0.6) is 0 Å². The molecule has 0 saturated heterocycles. The lowest BCUT2D eigenvalue weighted by Gasteiger charge is -2.21. The number of urea groups is 1. The fourth-order valence-electron chi connectivity index (χ4n) is 2.99. The van der Waals surface area contributed by atoms with E-state index in [0.29, 0.717) is 0 Å². The average Bonchev–Trinajstić information content (AvgIpc) is 2.56. The van der Waals surface area contributed by atoms with Crippen molar-refractivity contribution >= 4 is 23.3 Å². The maximum Gasteiger partial charge on any atom is 0.319 e. The van der Waals surface area contributed by atoms with Gasteiger partial charge in [-0.05, 0) is 36.6 Å². The largest absolute Gasteiger partial charge is 0.338 e. The summed E-state index contributed by atoms with van der Waals surface area (Å²) < 4.78 is 0. The molecule has 1 fully saturated rings. The predicted octanol–water partition coefficient (Wildman–Crippen LogP) is 3.76. The number of nitrogens with one attached hydrogen (secondary N) is 2. The topological polar surface area (TPSA) is 61.4 Å². The molecule has 0 unspecified atom stereocenters. The molecule has 1 aromatic carbocycles. The van der Waals surface area contributed by atoms with Gasteiger partial charge in [-0.2, -0.15) is 0 Å². The number of carbonyl (C=O) groups excluding carboxylic acids is 2. The fraction of sp³-hybridized carbons (Fsp3) is 0.556. The lowest BCUT2D eigenvalue weighted by molar-refractivity contribution is -0.116. The number of benzene rings is 1. The van der Waals surface area contributed by atoms with E-state index in [1.165, 1.54) is 39.0 Å². The summed E-state index contributed by atoms with van der Waals surface area (Å²) in [7, 11) is 1.72. The monoisotopic (exact) mass is 317 g/mol. The summed E-state index contributed by atoms with van der Waals surface area (Å²) >= 11 is 0. The van der Waals surface area contributed by atoms with Gasteiger partial charge in [-0.1, -0.05) is 32.1 Å². The smallest absolute Gasteiger partial charge is 0.319 e. The second kappa shape index (κ2) is 8.56. The van der Waals surface area contributed by atoms with Crippen LogP contribution in [0.3, 0.4) is 0 Å². The van der Waals surface area contributed by atoms with Crippen LogP contribution in [0.4, 0.5) is 16.2 Å². The number of hydrogen-bond acceptors (Lipinski definition) is 2. The van der Waals surface area contributed by atoms with E-state index in [-0.39, 0.29) is 11.9 Å². The zero-order valence-corrected chi connectivity index (χ0v) is 14.1. The van der Waals surface area contributed by atoms with Gasteiger partial charge in [0.1, 0.15) is 0 Å². The normalized spacial score (nSPS) is 15.0. The van der Waals surface area contributed by atoms with Crippen molar-refractivity contribution in [2.24, 2.45) is 5.92 Å². The molecule has 5 nitrogen and oxygen atoms in total. The summed E-state index contributed by atoms with van der Waals surface area (Å²) in [6.07, 6.45) is 7.69. The van der Waals surface area contributed by atoms with Crippen LogP contribution < -0.4 is 15.5 Å². The average molecular weight is 317 g/mol. The Hall–Kier alpha value is -2.04. The van der Waals surface area contributed by atoms with E-state index >= 15 is 0 Å². The van der Waals surface area contributed by atoms with Gasteiger partial charge < -0.3 is 15.5 Å². The lowest BCUT2D eigenvalue weighted by atomic mass is 9.87. The summed E-state index contributed by atoms with van der Waals surface area (Å²) in [5, 5.41) is 5.74. The first-order valence-corrected chi connectivity index (χ1v) is 8.45. The molecule has 0 atom stereocenters. The molecule has 0 bridgehead atoms. The number of carbonyl (C=O) groups is 2. The molecule has 0 aromatic heterocycles. The van der Waals surface area contributed by atoms with Gasteiger partial charge in [0.05, 0.1) is 0 Å². The van der Waals surface area contributed by atoms with Gasteiger partial charge in [0.15, 0.2) is 0 Å². The highest BCUT2D eigenvalue weighted by atomic mass is 16.2. The van der Waals surface area contributed by atoms with Crippen molar-refractivity contribution in [2.45, 2.75) is 45.4 Å². The minimum absolute atomic E-state index is 0.0221. The zero-order valence-electron chi connectivity index (χ0n) is 14.1. The van der Waals surface area contributed by atoms with Crippen LogP contribution in [0.1, 0.15) is 45.4 Å². The highest BCUT2D eigenvalue weighted by Crippen LogP contribution is 2.25. The molecule has 1 aliphatic rings. The minimum atomic E-state index is -0.173. The van der Waals surface area contributed by atoms with E-state index in [0.717, 1.165) is 30.3 Å². The van der Waals surface area contributed by atoms with Crippen molar-refractivity contribution in [3.8, 4) is 0 Å². The third kappa shape index (κ3) is 5.58. The first-order valence-electron chi connectivity index (χ1n) is 8.45. The Kier molecular flexibility index (Phi) is 6.44. The Morgan fingerprint density at radius 2 is 1.78 bits per heavy atom. The van der Waals surface area contributed by atoms with Gasteiger partial charge in [-0.3, -0.25) is 4.79 Å². The Morgan fingerprint density at radius 1 is 1.13 bits per heavy atom. The van der Waals surface area contributed by atoms with Crippen molar-refractivity contribution in [3.63, 3.8) is 0 Å². The first-order chi connectivity index (χ1) is 11.1. The molecule has 5 heteroatoms. The maximum absolute atomic E-state index is 11.9. The van der Waals surface area contributed by atoms with E-state index in [4.69, 9.17) is 0 Å². The molecule has 2 N–H and O–H groups in total. The number of hydrogen-bond donors (Lipinski definition) is 2. The third-order valence-corrected chi connectivity index (χ3v) is 4.55. The van der Waals surface area contributed by atoms with Gasteiger partial charge in [-0.25, -0.2) is 4.79 Å². The van der Waals surface area contributed by atoms with Crippen LogP contribution in [0.25, 0.3) is 0 Å². The Balaban J connectivity index is 1.73. The van der Waals surface area contributed by atoms with Gasteiger partial charge >= 0.3 is 6.03 Å². The van der Waals surface area contributed by atoms with Crippen molar-refractivity contribution in [2.75, 3.05) is 23.8 Å². The number of amides is 3. The van der Waals surface area contributed by atoms with E-state index in [1.54, 1.807) is 24.1 Å². The molecular formula is C18H27N3O2. The molecule has 3 amide bonds. The van der Waals surface area contributed by atoms with Gasteiger partial charge in [0, 0.05) is 31.9 Å². The second-order valence-electron chi connectivity index (χ2n) is 6.30. The second-order valence-corrected chi connectivity index (χ2v) is 6.30. The molecule has 0 heterocycles. The SMILES string of the molecule is CC(=O)N(C)c1ccc(NC(=O)NCCC2CCCCC2)cc1. The van der Waals surface area contributed by atoms with E-state index < -0.39 is 0 Å². The Bertz CT molecular complexity index is 522. The van der Waals surface area contributed by atoms with Crippen LogP contribution in [0, 0.1) is 5.92 Å². The molecule has 126 valence electrons. The van der Waals surface area contributed by atoms with Crippen LogP contribution >= 0.6 is 0 Å². The lowest BCUT2D eigenvalue weighted by Crippen LogP contribution is -2.30. The molecule has 1 saturated carbocycles. The van der Waals surface area contributed by atoms with Crippen LogP contribution in [-0.4, -0.2) is 25.5 Å². The zero-order chi connectivity index (χ0) is 16.7. The van der Waals surface area contributed by atoms with Gasteiger partial charge in [-0.15, -0.1) is 0 Å². The minimum Gasteiger partial charge on any atom is -0.338 e. The summed E-state index contributed by atoms with van der Waals surface area (Å²) in [6.45, 7) is 2.24. The van der Waals surface area contributed by atoms with Crippen molar-refractivity contribution < 1.29 is 9.59 Å². The van der Waals surface area contributed by atoms with Crippen molar-refractivity contribution in [1.29, 1.82) is 0 Å². The van der Waals surface area contributed by atoms with Crippen LogP contribution in [-0.2, 0) is 4.79 Å². The van der Waals surface area contributed by atoms with Gasteiger partial charge in [0.25, 0.3) is 0 Å². The quantitative estimate of drug-likeness (QED) is 0.868. The molecule has 0 aliphatic heterocycles. The summed E-state index contributed by atoms with van der Waals surface area (Å²) in [6, 6.07) is 7.07. The molecule has 1 aliphatic carbocycles. The summed E-state index contributed by atoms with van der Waals surface area (Å²) in [5.41, 5.74) is 1.53. The molecule has 0 spiro atoms. The van der Waals surface area contributed by atoms with Crippen LogP contribution in [0.2, 0.25) is 0 Å². The summed E-state index contributed by atoms with van der Waals surface area (Å²) in [5.74, 6) is 0.747. The highest BCUT2D eigenvalue weighted by Gasteiger charge is 2.13. The number of anilines is 2. The predicted molar refractivity (Wildman–Crippen MR) is 93.7 cm³/mol. The highest BCUT2D eigenvalue weighted by molar-refractivity contribution is 5.92. The number of nitrogens with zero attached hydrogens (tertiary/aromatic N) is 1. The van der Waals surface area contributed by atoms with E-state index in [9.17, 15) is 9.59 Å². The Labute approximate surface area is 138 Å². The van der Waals surface area contributed by atoms with Crippen molar-refractivity contribution in [1.82, 2.24) is 5.32 Å². The fourth-order valence-corrected chi connectivity index (χ4v) is 2.99. The molecule has 0 radical (unpaired) electrons. The molecule has 1 aromatic rings. The van der Waals surface area contributed by atoms with Gasteiger partial charge in [0.2, 0.25) is 5.91 Å². The van der Waals surface area contributed by atoms with Crippen molar-refractivity contribution in [3.05, 3.63) is 24.3 Å². The maximum atomic E-state index is 11.9. The number of rotatable bonds is 5.